The predicted octanol–water partition coefficient (Wildman–Crippen LogP) is 3.85. The second kappa shape index (κ2) is 7.45. The Bertz CT molecular complexity index is 358. The van der Waals surface area contributed by atoms with Gasteiger partial charge in [-0.1, -0.05) is 26.2 Å². The van der Waals surface area contributed by atoms with Gasteiger partial charge in [0, 0.05) is 11.5 Å². The van der Waals surface area contributed by atoms with Crippen molar-refractivity contribution < 1.29 is 14.6 Å². The summed E-state index contributed by atoms with van der Waals surface area (Å²) < 4.78 is 5.55. The third-order valence-electron chi connectivity index (χ3n) is 2.63. The zero-order valence-corrected chi connectivity index (χ0v) is 11.3. The lowest BCUT2D eigenvalue weighted by atomic mass is 10.2. The zero-order chi connectivity index (χ0) is 12.7. The molecule has 0 aliphatic carbocycles. The molecule has 1 N–H and O–H groups in total. The molecule has 0 atom stereocenters. The van der Waals surface area contributed by atoms with Crippen molar-refractivity contribution in [3.63, 3.8) is 0 Å². The van der Waals surface area contributed by atoms with Crippen molar-refractivity contribution in [3.05, 3.63) is 21.4 Å². The number of aromatic carboxylic acids is 1. The van der Waals surface area contributed by atoms with Gasteiger partial charge in [0.15, 0.2) is 0 Å². The number of rotatable bonds is 8. The van der Waals surface area contributed by atoms with Gasteiger partial charge in [0.1, 0.15) is 4.88 Å². The molecule has 0 amide bonds. The van der Waals surface area contributed by atoms with Crippen molar-refractivity contribution in [1.82, 2.24) is 0 Å². The summed E-state index contributed by atoms with van der Waals surface area (Å²) in [6, 6.07) is 1.72. The van der Waals surface area contributed by atoms with E-state index in [1.54, 1.807) is 6.07 Å². The molecule has 0 saturated heterocycles. The summed E-state index contributed by atoms with van der Waals surface area (Å²) in [4.78, 5) is 12.2. The van der Waals surface area contributed by atoms with Crippen molar-refractivity contribution >= 4 is 17.3 Å². The Morgan fingerprint density at radius 3 is 2.76 bits per heavy atom. The Hall–Kier alpha value is -0.870. The van der Waals surface area contributed by atoms with Crippen molar-refractivity contribution in [3.8, 4) is 0 Å². The molecule has 96 valence electrons. The lowest BCUT2D eigenvalue weighted by molar-refractivity contribution is 0.0702. The van der Waals surface area contributed by atoms with Crippen LogP contribution in [0.2, 0.25) is 0 Å². The van der Waals surface area contributed by atoms with E-state index in [0.717, 1.165) is 23.5 Å². The highest BCUT2D eigenvalue weighted by molar-refractivity contribution is 7.14. The summed E-state index contributed by atoms with van der Waals surface area (Å²) in [7, 11) is 0. The number of carboxylic acid groups (broad SMARTS) is 1. The van der Waals surface area contributed by atoms with Crippen molar-refractivity contribution in [2.24, 2.45) is 0 Å². The zero-order valence-electron chi connectivity index (χ0n) is 10.5. The maximum absolute atomic E-state index is 10.8. The van der Waals surface area contributed by atoms with Crippen LogP contribution in [0.15, 0.2) is 6.07 Å². The van der Waals surface area contributed by atoms with E-state index in [-0.39, 0.29) is 0 Å². The van der Waals surface area contributed by atoms with Crippen LogP contribution < -0.4 is 0 Å². The van der Waals surface area contributed by atoms with Gasteiger partial charge in [-0.3, -0.25) is 0 Å². The molecule has 3 nitrogen and oxygen atoms in total. The van der Waals surface area contributed by atoms with E-state index in [0.29, 0.717) is 11.5 Å². The smallest absolute Gasteiger partial charge is 0.345 e. The molecule has 0 aliphatic rings. The molecule has 0 bridgehead atoms. The van der Waals surface area contributed by atoms with Gasteiger partial charge < -0.3 is 9.84 Å². The van der Waals surface area contributed by atoms with E-state index in [1.165, 1.54) is 30.6 Å². The summed E-state index contributed by atoms with van der Waals surface area (Å²) >= 11 is 1.31. The second-order valence-corrected chi connectivity index (χ2v) is 5.37. The maximum atomic E-state index is 10.8. The monoisotopic (exact) mass is 256 g/mol. The fourth-order valence-electron chi connectivity index (χ4n) is 1.58. The number of ether oxygens (including phenoxy) is 1. The fourth-order valence-corrected chi connectivity index (χ4v) is 2.45. The molecule has 1 aromatic rings. The van der Waals surface area contributed by atoms with E-state index < -0.39 is 5.97 Å². The van der Waals surface area contributed by atoms with Crippen LogP contribution in [0.4, 0.5) is 0 Å². The van der Waals surface area contributed by atoms with Gasteiger partial charge in [0.2, 0.25) is 0 Å². The van der Waals surface area contributed by atoms with Gasteiger partial charge in [0.25, 0.3) is 0 Å². The van der Waals surface area contributed by atoms with E-state index in [9.17, 15) is 4.79 Å². The summed E-state index contributed by atoms with van der Waals surface area (Å²) in [5.41, 5.74) is 1.00. The Balaban J connectivity index is 2.29. The minimum absolute atomic E-state index is 0.395. The molecule has 0 radical (unpaired) electrons. The summed E-state index contributed by atoms with van der Waals surface area (Å²) in [6.45, 7) is 5.41. The fraction of sp³-hybridized carbons (Fsp3) is 0.615. The summed E-state index contributed by atoms with van der Waals surface area (Å²) in [5.74, 6) is -0.854. The van der Waals surface area contributed by atoms with Gasteiger partial charge >= 0.3 is 5.97 Å². The average Bonchev–Trinajstić information content (AvgIpc) is 2.65. The average molecular weight is 256 g/mol. The van der Waals surface area contributed by atoms with E-state index >= 15 is 0 Å². The van der Waals surface area contributed by atoms with Gasteiger partial charge in [-0.15, -0.1) is 11.3 Å². The molecule has 0 saturated carbocycles. The van der Waals surface area contributed by atoms with E-state index in [4.69, 9.17) is 9.84 Å². The van der Waals surface area contributed by atoms with E-state index in [1.807, 2.05) is 6.92 Å². The number of carboxylic acids is 1. The Morgan fingerprint density at radius 2 is 2.18 bits per heavy atom. The molecule has 4 heteroatoms. The number of unbranched alkanes of at least 4 members (excludes halogenated alkanes) is 3. The molecular weight excluding hydrogens is 236 g/mol. The Labute approximate surface area is 106 Å². The number of thiophene rings is 1. The Morgan fingerprint density at radius 1 is 1.41 bits per heavy atom. The standard InChI is InChI=1S/C13H20O3S/c1-3-4-5-6-7-16-9-11-8-12(13(14)15)17-10(11)2/h8H,3-7,9H2,1-2H3,(H,14,15). The number of hydrogen-bond acceptors (Lipinski definition) is 3. The lowest BCUT2D eigenvalue weighted by Crippen LogP contribution is -1.96. The Kier molecular flexibility index (Phi) is 6.22. The quantitative estimate of drug-likeness (QED) is 0.719. The van der Waals surface area contributed by atoms with Crippen molar-refractivity contribution in [2.45, 2.75) is 46.1 Å². The van der Waals surface area contributed by atoms with Gasteiger partial charge in [-0.2, -0.15) is 0 Å². The van der Waals surface area contributed by atoms with Crippen LogP contribution in [0, 0.1) is 6.92 Å². The highest BCUT2D eigenvalue weighted by atomic mass is 32.1. The summed E-state index contributed by atoms with van der Waals surface area (Å²) in [6.07, 6.45) is 4.78. The molecule has 1 rings (SSSR count). The second-order valence-electron chi connectivity index (χ2n) is 4.11. The lowest BCUT2D eigenvalue weighted by Gasteiger charge is -2.03. The number of hydrogen-bond donors (Lipinski definition) is 1. The van der Waals surface area contributed by atoms with Crippen LogP contribution in [0.5, 0.6) is 0 Å². The van der Waals surface area contributed by atoms with Crippen molar-refractivity contribution in [2.75, 3.05) is 6.61 Å². The minimum atomic E-state index is -0.854. The first-order chi connectivity index (χ1) is 8.15. The first kappa shape index (κ1) is 14.2. The normalized spacial score (nSPS) is 10.7. The maximum Gasteiger partial charge on any atom is 0.345 e. The topological polar surface area (TPSA) is 46.5 Å². The van der Waals surface area contributed by atoms with Crippen LogP contribution in [-0.2, 0) is 11.3 Å². The van der Waals surface area contributed by atoms with Crippen LogP contribution in [-0.4, -0.2) is 17.7 Å². The van der Waals surface area contributed by atoms with Gasteiger partial charge in [-0.25, -0.2) is 4.79 Å². The van der Waals surface area contributed by atoms with E-state index in [2.05, 4.69) is 6.92 Å². The van der Waals surface area contributed by atoms with Crippen LogP contribution in [0.1, 0.15) is 52.7 Å². The molecule has 1 heterocycles. The highest BCUT2D eigenvalue weighted by Crippen LogP contribution is 2.22. The van der Waals surface area contributed by atoms with Gasteiger partial charge in [-0.05, 0) is 25.0 Å². The highest BCUT2D eigenvalue weighted by Gasteiger charge is 2.10. The number of carbonyl (C=O) groups is 1. The molecule has 1 aromatic heterocycles. The largest absolute Gasteiger partial charge is 0.477 e. The first-order valence-corrected chi connectivity index (χ1v) is 6.87. The van der Waals surface area contributed by atoms with Crippen LogP contribution in [0.25, 0.3) is 0 Å². The molecular formula is C13H20O3S. The van der Waals surface area contributed by atoms with Gasteiger partial charge in [0.05, 0.1) is 6.61 Å². The molecule has 0 spiro atoms. The third kappa shape index (κ3) is 4.88. The van der Waals surface area contributed by atoms with Crippen LogP contribution in [0.3, 0.4) is 0 Å². The molecule has 0 fully saturated rings. The first-order valence-electron chi connectivity index (χ1n) is 6.05. The molecule has 0 aromatic carbocycles. The molecule has 17 heavy (non-hydrogen) atoms. The minimum Gasteiger partial charge on any atom is -0.477 e. The number of aryl methyl sites for hydroxylation is 1. The molecule has 0 aliphatic heterocycles. The summed E-state index contributed by atoms with van der Waals surface area (Å²) in [5, 5.41) is 8.86. The van der Waals surface area contributed by atoms with Crippen LogP contribution >= 0.6 is 11.3 Å². The van der Waals surface area contributed by atoms with Crippen molar-refractivity contribution in [1.29, 1.82) is 0 Å². The molecule has 0 unspecified atom stereocenters. The predicted molar refractivity (Wildman–Crippen MR) is 69.8 cm³/mol. The SMILES string of the molecule is CCCCCCOCc1cc(C(=O)O)sc1C. The third-order valence-corrected chi connectivity index (χ3v) is 3.71.